The van der Waals surface area contributed by atoms with E-state index in [1.165, 1.54) is 5.56 Å². The average Bonchev–Trinajstić information content (AvgIpc) is 3.50. The standard InChI is InChI=1S/C37H48N4O3/c1-3-21-41(36(42)38-26-29-13-7-4-8-14-29)33-19-22-40(23-20-33)27-32-24-34(25-35(32)31-17-11-6-12-18-31)39(2)37(43)44-28-30-15-9-5-10-16-30/h4-18,32-35H,3,19-28H2,1-2H3,(H,38,42)/t32-,34?,35-/m1/s1. The molecule has 0 radical (unpaired) electrons. The van der Waals surface area contributed by atoms with Crippen molar-refractivity contribution in [1.29, 1.82) is 0 Å². The molecular weight excluding hydrogens is 548 g/mol. The highest BCUT2D eigenvalue weighted by molar-refractivity contribution is 5.74. The number of benzene rings is 3. The third kappa shape index (κ3) is 8.41. The third-order valence-electron chi connectivity index (χ3n) is 9.44. The molecule has 44 heavy (non-hydrogen) atoms. The number of piperidine rings is 1. The van der Waals surface area contributed by atoms with Gasteiger partial charge in [0.1, 0.15) is 6.61 Å². The number of amides is 3. The number of nitrogens with zero attached hydrogens (tertiary/aromatic N) is 3. The van der Waals surface area contributed by atoms with Gasteiger partial charge in [0.05, 0.1) is 0 Å². The van der Waals surface area contributed by atoms with Crippen LogP contribution in [0.3, 0.4) is 0 Å². The van der Waals surface area contributed by atoms with E-state index in [-0.39, 0.29) is 30.8 Å². The van der Waals surface area contributed by atoms with E-state index in [4.69, 9.17) is 4.74 Å². The summed E-state index contributed by atoms with van der Waals surface area (Å²) in [4.78, 5) is 32.7. The fourth-order valence-corrected chi connectivity index (χ4v) is 7.00. The number of rotatable bonds is 11. The first-order valence-corrected chi connectivity index (χ1v) is 16.3. The van der Waals surface area contributed by atoms with Crippen molar-refractivity contribution in [1.82, 2.24) is 20.0 Å². The van der Waals surface area contributed by atoms with Crippen LogP contribution < -0.4 is 5.32 Å². The van der Waals surface area contributed by atoms with Crippen LogP contribution in [-0.2, 0) is 17.9 Å². The van der Waals surface area contributed by atoms with E-state index < -0.39 is 0 Å². The number of hydrogen-bond acceptors (Lipinski definition) is 4. The highest BCUT2D eigenvalue weighted by atomic mass is 16.6. The van der Waals surface area contributed by atoms with Crippen molar-refractivity contribution in [2.24, 2.45) is 5.92 Å². The zero-order valence-corrected chi connectivity index (χ0v) is 26.3. The summed E-state index contributed by atoms with van der Waals surface area (Å²) in [6.07, 6.45) is 4.55. The summed E-state index contributed by atoms with van der Waals surface area (Å²) in [5.74, 6) is 0.841. The van der Waals surface area contributed by atoms with E-state index in [1.54, 1.807) is 0 Å². The lowest BCUT2D eigenvalue weighted by Crippen LogP contribution is -2.51. The monoisotopic (exact) mass is 596 g/mol. The molecule has 0 bridgehead atoms. The molecule has 0 spiro atoms. The lowest BCUT2D eigenvalue weighted by Gasteiger charge is -2.39. The zero-order chi connectivity index (χ0) is 30.7. The first-order chi connectivity index (χ1) is 21.5. The Hall–Kier alpha value is -3.84. The quantitative estimate of drug-likeness (QED) is 0.262. The van der Waals surface area contributed by atoms with Gasteiger partial charge in [-0.3, -0.25) is 0 Å². The molecule has 3 atom stereocenters. The molecule has 5 rings (SSSR count). The lowest BCUT2D eigenvalue weighted by atomic mass is 9.88. The topological polar surface area (TPSA) is 65.1 Å². The molecule has 2 fully saturated rings. The van der Waals surface area contributed by atoms with Gasteiger partial charge in [-0.2, -0.15) is 0 Å². The second-order valence-electron chi connectivity index (χ2n) is 12.4. The number of nitrogens with one attached hydrogen (secondary N) is 1. The van der Waals surface area contributed by atoms with Gasteiger partial charge in [-0.1, -0.05) is 97.9 Å². The highest BCUT2D eigenvalue weighted by Crippen LogP contribution is 2.42. The Morgan fingerprint density at radius 2 is 1.45 bits per heavy atom. The smallest absolute Gasteiger partial charge is 0.410 e. The molecule has 1 saturated carbocycles. The van der Waals surface area contributed by atoms with Crippen LogP contribution in [0.25, 0.3) is 0 Å². The fourth-order valence-electron chi connectivity index (χ4n) is 7.00. The predicted molar refractivity (Wildman–Crippen MR) is 175 cm³/mol. The number of urea groups is 1. The molecule has 7 nitrogen and oxygen atoms in total. The maximum Gasteiger partial charge on any atom is 0.410 e. The molecule has 234 valence electrons. The molecule has 1 unspecified atom stereocenters. The third-order valence-corrected chi connectivity index (χ3v) is 9.44. The Morgan fingerprint density at radius 1 is 0.841 bits per heavy atom. The van der Waals surface area contributed by atoms with E-state index in [0.29, 0.717) is 18.4 Å². The van der Waals surface area contributed by atoms with Gasteiger partial charge in [-0.15, -0.1) is 0 Å². The Bertz CT molecular complexity index is 1300. The molecule has 3 aromatic rings. The van der Waals surface area contributed by atoms with Gasteiger partial charge in [0.2, 0.25) is 0 Å². The maximum atomic E-state index is 13.2. The van der Waals surface area contributed by atoms with Gasteiger partial charge >= 0.3 is 12.1 Å². The van der Waals surface area contributed by atoms with E-state index in [9.17, 15) is 9.59 Å². The Balaban J connectivity index is 1.16. The molecule has 2 aliphatic rings. The van der Waals surface area contributed by atoms with Crippen LogP contribution in [0.4, 0.5) is 9.59 Å². The molecular formula is C37H48N4O3. The zero-order valence-electron chi connectivity index (χ0n) is 26.3. The highest BCUT2D eigenvalue weighted by Gasteiger charge is 2.40. The van der Waals surface area contributed by atoms with Crippen molar-refractivity contribution in [3.63, 3.8) is 0 Å². The predicted octanol–water partition coefficient (Wildman–Crippen LogP) is 6.90. The molecule has 1 N–H and O–H groups in total. The Labute approximate surface area is 263 Å². The number of ether oxygens (including phenoxy) is 1. The molecule has 3 aromatic carbocycles. The van der Waals surface area contributed by atoms with Crippen LogP contribution in [0.5, 0.6) is 0 Å². The fraction of sp³-hybridized carbons (Fsp3) is 0.459. The second kappa shape index (κ2) is 15.8. The number of likely N-dealkylation sites (tertiary alicyclic amines) is 1. The largest absolute Gasteiger partial charge is 0.445 e. The van der Waals surface area contributed by atoms with Crippen molar-refractivity contribution < 1.29 is 14.3 Å². The summed E-state index contributed by atoms with van der Waals surface area (Å²) in [5, 5.41) is 3.15. The lowest BCUT2D eigenvalue weighted by molar-refractivity contribution is 0.0891. The van der Waals surface area contributed by atoms with E-state index in [2.05, 4.69) is 52.4 Å². The summed E-state index contributed by atoms with van der Waals surface area (Å²) >= 11 is 0. The van der Waals surface area contributed by atoms with Gasteiger partial charge in [0, 0.05) is 51.9 Å². The van der Waals surface area contributed by atoms with Crippen LogP contribution in [-0.4, -0.2) is 72.1 Å². The number of hydrogen-bond donors (Lipinski definition) is 1. The van der Waals surface area contributed by atoms with Crippen molar-refractivity contribution in [2.45, 2.75) is 70.2 Å². The van der Waals surface area contributed by atoms with Crippen molar-refractivity contribution in [2.75, 3.05) is 33.2 Å². The summed E-state index contributed by atoms with van der Waals surface area (Å²) in [6.45, 7) is 6.72. The first-order valence-electron chi connectivity index (χ1n) is 16.3. The van der Waals surface area contributed by atoms with E-state index in [0.717, 1.165) is 69.4 Å². The summed E-state index contributed by atoms with van der Waals surface area (Å²) < 4.78 is 5.68. The first kappa shape index (κ1) is 31.6. The molecule has 7 heteroatoms. The molecule has 1 aliphatic carbocycles. The summed E-state index contributed by atoms with van der Waals surface area (Å²) in [5.41, 5.74) is 3.46. The molecule has 1 aliphatic heterocycles. The van der Waals surface area contributed by atoms with Crippen molar-refractivity contribution in [3.8, 4) is 0 Å². The Morgan fingerprint density at radius 3 is 2.09 bits per heavy atom. The minimum atomic E-state index is -0.256. The number of carbonyl (C=O) groups excluding carboxylic acids is 2. The molecule has 1 saturated heterocycles. The van der Waals surface area contributed by atoms with Gasteiger partial charge in [-0.25, -0.2) is 9.59 Å². The van der Waals surface area contributed by atoms with Crippen LogP contribution in [0, 0.1) is 5.92 Å². The van der Waals surface area contributed by atoms with Gasteiger partial charge in [0.15, 0.2) is 0 Å². The Kier molecular flexibility index (Phi) is 11.3. The van der Waals surface area contributed by atoms with Gasteiger partial charge < -0.3 is 24.8 Å². The minimum Gasteiger partial charge on any atom is -0.445 e. The van der Waals surface area contributed by atoms with Crippen LogP contribution >= 0.6 is 0 Å². The maximum absolute atomic E-state index is 13.2. The molecule has 3 amide bonds. The van der Waals surface area contributed by atoms with E-state index >= 15 is 0 Å². The SMILES string of the molecule is CCCN(C(=O)NCc1ccccc1)C1CCN(C[C@H]2CC(N(C)C(=O)OCc3ccccc3)C[C@@H]2c2ccccc2)CC1. The van der Waals surface area contributed by atoms with Crippen LogP contribution in [0.2, 0.25) is 0 Å². The van der Waals surface area contributed by atoms with Crippen LogP contribution in [0.15, 0.2) is 91.0 Å². The molecule has 0 aromatic heterocycles. The van der Waals surface area contributed by atoms with Gasteiger partial charge in [0.25, 0.3) is 0 Å². The normalized spacial score (nSPS) is 20.6. The van der Waals surface area contributed by atoms with Crippen molar-refractivity contribution >= 4 is 12.1 Å². The summed E-state index contributed by atoms with van der Waals surface area (Å²) in [6, 6.07) is 31.2. The van der Waals surface area contributed by atoms with Crippen LogP contribution in [0.1, 0.15) is 61.6 Å². The summed E-state index contributed by atoms with van der Waals surface area (Å²) in [7, 11) is 1.89. The van der Waals surface area contributed by atoms with Crippen molar-refractivity contribution in [3.05, 3.63) is 108 Å². The average molecular weight is 597 g/mol. The number of carbonyl (C=O) groups is 2. The second-order valence-corrected chi connectivity index (χ2v) is 12.4. The van der Waals surface area contributed by atoms with Gasteiger partial charge in [-0.05, 0) is 60.6 Å². The van der Waals surface area contributed by atoms with E-state index in [1.807, 2.05) is 72.6 Å². The molecule has 1 heterocycles. The minimum absolute atomic E-state index is 0.0408.